The van der Waals surface area contributed by atoms with Crippen LogP contribution in [0.5, 0.6) is 11.5 Å². The third-order valence-corrected chi connectivity index (χ3v) is 4.17. The predicted octanol–water partition coefficient (Wildman–Crippen LogP) is 2.99. The maximum Gasteiger partial charge on any atom is 0.326 e. The maximum absolute atomic E-state index is 12.6. The number of benzene rings is 2. The average molecular weight is 429 g/mol. The molecule has 166 valence electrons. The highest BCUT2D eigenvalue weighted by Gasteiger charge is 2.21. The molecule has 0 radical (unpaired) electrons. The molecule has 0 aliphatic heterocycles. The van der Waals surface area contributed by atoms with Crippen molar-refractivity contribution in [2.75, 3.05) is 38.4 Å². The van der Waals surface area contributed by atoms with Crippen LogP contribution in [-0.4, -0.2) is 51.3 Å². The molecule has 0 spiro atoms. The Morgan fingerprint density at radius 3 is 2.19 bits per heavy atom. The van der Waals surface area contributed by atoms with Crippen LogP contribution in [0.4, 0.5) is 5.69 Å². The van der Waals surface area contributed by atoms with Gasteiger partial charge in [0.2, 0.25) is 0 Å². The molecule has 0 heterocycles. The fraction of sp³-hybridized carbons (Fsp3) is 0.348. The van der Waals surface area contributed by atoms with Crippen LogP contribution in [0.3, 0.4) is 0 Å². The molecule has 0 unspecified atom stereocenters. The van der Waals surface area contributed by atoms with Gasteiger partial charge in [-0.1, -0.05) is 18.2 Å². The van der Waals surface area contributed by atoms with Gasteiger partial charge in [0, 0.05) is 12.1 Å². The van der Waals surface area contributed by atoms with Gasteiger partial charge in [-0.2, -0.15) is 0 Å². The smallest absolute Gasteiger partial charge is 0.326 e. The third kappa shape index (κ3) is 8.38. The van der Waals surface area contributed by atoms with E-state index in [0.29, 0.717) is 24.5 Å². The van der Waals surface area contributed by atoms with E-state index in [4.69, 9.17) is 18.9 Å². The van der Waals surface area contributed by atoms with Crippen LogP contribution >= 0.6 is 0 Å². The number of carbonyl (C=O) groups is 3. The van der Waals surface area contributed by atoms with Crippen LogP contribution in [0, 0.1) is 0 Å². The first kappa shape index (κ1) is 23.7. The average Bonchev–Trinajstić information content (AvgIpc) is 2.80. The number of carbonyl (C=O) groups excluding carboxylic acids is 3. The molecule has 0 bridgehead atoms. The summed E-state index contributed by atoms with van der Waals surface area (Å²) in [7, 11) is 1.59. The standard InChI is InChI=1S/C23H27NO7/c1-3-29-23(27)16-24(18-8-5-4-6-9-18)21(25)17-31-22(26)10-7-15-30-20-13-11-19(28-2)12-14-20/h4-6,8-9,11-14H,3,7,10,15-17H2,1-2H3. The van der Waals surface area contributed by atoms with Gasteiger partial charge in [-0.3, -0.25) is 19.3 Å². The van der Waals surface area contributed by atoms with Gasteiger partial charge in [-0.05, 0) is 49.7 Å². The molecular formula is C23H27NO7. The van der Waals surface area contributed by atoms with E-state index in [-0.39, 0.29) is 19.6 Å². The highest BCUT2D eigenvalue weighted by atomic mass is 16.5. The summed E-state index contributed by atoms with van der Waals surface area (Å²) >= 11 is 0. The summed E-state index contributed by atoms with van der Waals surface area (Å²) in [6.45, 7) is 1.50. The van der Waals surface area contributed by atoms with E-state index in [1.807, 2.05) is 0 Å². The van der Waals surface area contributed by atoms with Gasteiger partial charge in [0.15, 0.2) is 6.61 Å². The molecule has 0 N–H and O–H groups in total. The second kappa shape index (κ2) is 12.9. The molecule has 2 aromatic rings. The van der Waals surface area contributed by atoms with Gasteiger partial charge in [0.25, 0.3) is 5.91 Å². The van der Waals surface area contributed by atoms with Gasteiger partial charge >= 0.3 is 11.9 Å². The summed E-state index contributed by atoms with van der Waals surface area (Å²) in [6, 6.07) is 15.8. The van der Waals surface area contributed by atoms with Crippen LogP contribution < -0.4 is 14.4 Å². The number of hydrogen-bond acceptors (Lipinski definition) is 7. The number of amides is 1. The van der Waals surface area contributed by atoms with E-state index < -0.39 is 24.5 Å². The minimum atomic E-state index is -0.540. The van der Waals surface area contributed by atoms with Crippen LogP contribution in [0.1, 0.15) is 19.8 Å². The summed E-state index contributed by atoms with van der Waals surface area (Å²) in [5, 5.41) is 0. The number of esters is 2. The Morgan fingerprint density at radius 1 is 0.871 bits per heavy atom. The summed E-state index contributed by atoms with van der Waals surface area (Å²) in [5.74, 6) is -0.172. The summed E-state index contributed by atoms with van der Waals surface area (Å²) in [6.07, 6.45) is 0.539. The van der Waals surface area contributed by atoms with Crippen molar-refractivity contribution in [3.8, 4) is 11.5 Å². The fourth-order valence-corrected chi connectivity index (χ4v) is 2.64. The van der Waals surface area contributed by atoms with Crippen molar-refractivity contribution in [3.63, 3.8) is 0 Å². The van der Waals surface area contributed by atoms with Crippen molar-refractivity contribution >= 4 is 23.5 Å². The Bertz CT molecular complexity index is 837. The lowest BCUT2D eigenvalue weighted by Gasteiger charge is -2.21. The summed E-state index contributed by atoms with van der Waals surface area (Å²) in [5.41, 5.74) is 0.518. The predicted molar refractivity (Wildman–Crippen MR) is 114 cm³/mol. The van der Waals surface area contributed by atoms with Crippen molar-refractivity contribution in [3.05, 3.63) is 54.6 Å². The molecule has 31 heavy (non-hydrogen) atoms. The third-order valence-electron chi connectivity index (χ3n) is 4.17. The normalized spacial score (nSPS) is 10.1. The zero-order valence-corrected chi connectivity index (χ0v) is 17.7. The molecule has 0 aliphatic rings. The molecule has 8 heteroatoms. The molecule has 0 aromatic heterocycles. The van der Waals surface area contributed by atoms with Crippen molar-refractivity contribution in [1.29, 1.82) is 0 Å². The number of ether oxygens (including phenoxy) is 4. The van der Waals surface area contributed by atoms with Crippen LogP contribution in [0.15, 0.2) is 54.6 Å². The Labute approximate surface area is 181 Å². The number of anilines is 1. The molecule has 8 nitrogen and oxygen atoms in total. The monoisotopic (exact) mass is 429 g/mol. The minimum absolute atomic E-state index is 0.104. The molecular weight excluding hydrogens is 402 g/mol. The minimum Gasteiger partial charge on any atom is -0.497 e. The Morgan fingerprint density at radius 2 is 1.55 bits per heavy atom. The number of methoxy groups -OCH3 is 1. The largest absolute Gasteiger partial charge is 0.497 e. The van der Waals surface area contributed by atoms with Crippen molar-refractivity contribution in [2.45, 2.75) is 19.8 Å². The zero-order valence-electron chi connectivity index (χ0n) is 17.7. The van der Waals surface area contributed by atoms with Crippen molar-refractivity contribution in [1.82, 2.24) is 0 Å². The van der Waals surface area contributed by atoms with Gasteiger partial charge in [0.1, 0.15) is 18.0 Å². The number of rotatable bonds is 12. The molecule has 1 amide bonds. The van der Waals surface area contributed by atoms with E-state index in [2.05, 4.69) is 0 Å². The lowest BCUT2D eigenvalue weighted by Crippen LogP contribution is -2.39. The Kier molecular flexibility index (Phi) is 9.87. The highest BCUT2D eigenvalue weighted by Crippen LogP contribution is 2.17. The Hall–Kier alpha value is -3.55. The molecule has 0 aliphatic carbocycles. The number of nitrogens with zero attached hydrogens (tertiary/aromatic N) is 1. The topological polar surface area (TPSA) is 91.4 Å². The molecule has 0 saturated carbocycles. The quantitative estimate of drug-likeness (QED) is 0.378. The van der Waals surface area contributed by atoms with Gasteiger partial charge in [-0.25, -0.2) is 0 Å². The SMILES string of the molecule is CCOC(=O)CN(C(=O)COC(=O)CCCOc1ccc(OC)cc1)c1ccccc1. The lowest BCUT2D eigenvalue weighted by atomic mass is 10.3. The summed E-state index contributed by atoms with van der Waals surface area (Å²) < 4.78 is 20.6. The second-order valence-electron chi connectivity index (χ2n) is 6.41. The van der Waals surface area contributed by atoms with Crippen molar-refractivity contribution < 1.29 is 33.3 Å². The van der Waals surface area contributed by atoms with E-state index in [1.165, 1.54) is 4.90 Å². The van der Waals surface area contributed by atoms with Gasteiger partial charge < -0.3 is 18.9 Å². The molecule has 0 atom stereocenters. The van der Waals surface area contributed by atoms with E-state index in [0.717, 1.165) is 5.75 Å². The Balaban J connectivity index is 1.77. The number of hydrogen-bond donors (Lipinski definition) is 0. The van der Waals surface area contributed by atoms with Crippen molar-refractivity contribution in [2.24, 2.45) is 0 Å². The zero-order chi connectivity index (χ0) is 22.5. The first-order chi connectivity index (χ1) is 15.0. The first-order valence-corrected chi connectivity index (χ1v) is 9.97. The van der Waals surface area contributed by atoms with E-state index in [1.54, 1.807) is 68.6 Å². The van der Waals surface area contributed by atoms with Crippen LogP contribution in [0.2, 0.25) is 0 Å². The fourth-order valence-electron chi connectivity index (χ4n) is 2.64. The lowest BCUT2D eigenvalue weighted by molar-refractivity contribution is -0.148. The maximum atomic E-state index is 12.6. The highest BCUT2D eigenvalue weighted by molar-refractivity contribution is 5.99. The van der Waals surface area contributed by atoms with Crippen LogP contribution in [0.25, 0.3) is 0 Å². The summed E-state index contributed by atoms with van der Waals surface area (Å²) in [4.78, 5) is 37.6. The first-order valence-electron chi connectivity index (χ1n) is 9.97. The molecule has 2 aromatic carbocycles. The van der Waals surface area contributed by atoms with Gasteiger partial charge in [0.05, 0.1) is 20.3 Å². The molecule has 0 fully saturated rings. The van der Waals surface area contributed by atoms with Gasteiger partial charge in [-0.15, -0.1) is 0 Å². The number of para-hydroxylation sites is 1. The molecule has 2 rings (SSSR count). The van der Waals surface area contributed by atoms with E-state index >= 15 is 0 Å². The second-order valence-corrected chi connectivity index (χ2v) is 6.41. The molecule has 0 saturated heterocycles. The van der Waals surface area contributed by atoms with Crippen LogP contribution in [-0.2, 0) is 23.9 Å². The van der Waals surface area contributed by atoms with E-state index in [9.17, 15) is 14.4 Å².